The minimum atomic E-state index is -0.869. The zero-order valence-corrected chi connectivity index (χ0v) is 19.2. The number of imidazole rings is 1. The van der Waals surface area contributed by atoms with Crippen molar-refractivity contribution in [1.82, 2.24) is 9.55 Å². The van der Waals surface area contributed by atoms with Gasteiger partial charge < -0.3 is 9.16 Å². The fraction of sp³-hybridized carbons (Fsp3) is 0.474. The lowest BCUT2D eigenvalue weighted by Crippen LogP contribution is -2.22. The Morgan fingerprint density at radius 2 is 2.04 bits per heavy atom. The van der Waals surface area contributed by atoms with E-state index in [2.05, 4.69) is 38.4 Å². The van der Waals surface area contributed by atoms with Gasteiger partial charge in [-0.2, -0.15) is 0 Å². The molecule has 0 atom stereocenters. The Bertz CT molecular complexity index is 803. The summed E-state index contributed by atoms with van der Waals surface area (Å²) in [4.78, 5) is 17.1. The molecule has 5 nitrogen and oxygen atoms in total. The Labute approximate surface area is 172 Å². The van der Waals surface area contributed by atoms with Crippen molar-refractivity contribution in [2.45, 2.75) is 69.5 Å². The summed E-state index contributed by atoms with van der Waals surface area (Å²) in [6.07, 6.45) is 0. The summed E-state index contributed by atoms with van der Waals surface area (Å²) < 4.78 is 13.3. The van der Waals surface area contributed by atoms with Crippen molar-refractivity contribution < 1.29 is 14.0 Å². The van der Waals surface area contributed by atoms with E-state index in [4.69, 9.17) is 25.7 Å². The molecular formula is C19H26ClN2O3SSi. The van der Waals surface area contributed by atoms with Gasteiger partial charge in [-0.3, -0.25) is 9.36 Å². The Kier molecular flexibility index (Phi) is 7.56. The number of esters is 1. The number of ether oxygens (including phenoxy) is 1. The van der Waals surface area contributed by atoms with Gasteiger partial charge in [-0.15, -0.1) is 0 Å². The molecule has 0 amide bonds. The Balaban J connectivity index is 2.51. The highest BCUT2D eigenvalue weighted by atomic mass is 35.5. The molecule has 0 spiro atoms. The number of benzene rings is 1. The molecular weight excluding hydrogens is 400 g/mol. The van der Waals surface area contributed by atoms with E-state index >= 15 is 0 Å². The monoisotopic (exact) mass is 425 g/mol. The van der Waals surface area contributed by atoms with Crippen LogP contribution >= 0.6 is 23.4 Å². The molecule has 147 valence electrons. The molecule has 1 aromatic heterocycles. The second kappa shape index (κ2) is 9.27. The first-order chi connectivity index (χ1) is 12.6. The zero-order valence-electron chi connectivity index (χ0n) is 16.6. The predicted molar refractivity (Wildman–Crippen MR) is 111 cm³/mol. The highest BCUT2D eigenvalue weighted by molar-refractivity contribution is 7.99. The van der Waals surface area contributed by atoms with Gasteiger partial charge in [0.2, 0.25) is 9.04 Å². The molecule has 2 rings (SSSR count). The van der Waals surface area contributed by atoms with E-state index in [9.17, 15) is 4.79 Å². The average Bonchev–Trinajstić information content (AvgIpc) is 2.89. The topological polar surface area (TPSA) is 53.3 Å². The summed E-state index contributed by atoms with van der Waals surface area (Å²) in [6, 6.07) is 7.66. The van der Waals surface area contributed by atoms with Crippen molar-refractivity contribution in [3.63, 3.8) is 0 Å². The first kappa shape index (κ1) is 22.0. The van der Waals surface area contributed by atoms with E-state index in [-0.39, 0.29) is 18.0 Å². The van der Waals surface area contributed by atoms with E-state index in [0.717, 1.165) is 21.4 Å². The second-order valence-corrected chi connectivity index (χ2v) is 11.0. The van der Waals surface area contributed by atoms with Gasteiger partial charge in [0.15, 0.2) is 0 Å². The maximum atomic E-state index is 11.3. The Morgan fingerprint density at radius 3 is 2.59 bits per heavy atom. The molecule has 8 heteroatoms. The number of halogens is 1. The first-order valence-corrected chi connectivity index (χ1v) is 12.3. The van der Waals surface area contributed by atoms with Crippen LogP contribution in [0.3, 0.4) is 0 Å². The number of hydrogen-bond donors (Lipinski definition) is 0. The third-order valence-corrected chi connectivity index (χ3v) is 5.64. The molecule has 0 saturated heterocycles. The molecule has 0 unspecified atom stereocenters. The zero-order chi connectivity index (χ0) is 20.2. The number of carbonyl (C=O) groups is 1. The summed E-state index contributed by atoms with van der Waals surface area (Å²) in [5, 5.41) is 1.58. The minimum Gasteiger partial charge on any atom is -0.459 e. The van der Waals surface area contributed by atoms with Gasteiger partial charge >= 0.3 is 5.97 Å². The van der Waals surface area contributed by atoms with Gasteiger partial charge in [0.05, 0.1) is 0 Å². The Morgan fingerprint density at radius 1 is 1.33 bits per heavy atom. The van der Waals surface area contributed by atoms with Crippen LogP contribution in [0, 0.1) is 0 Å². The van der Waals surface area contributed by atoms with Crippen LogP contribution in [0.4, 0.5) is 0 Å². The van der Waals surface area contributed by atoms with Crippen molar-refractivity contribution in [3.8, 4) is 0 Å². The highest BCUT2D eigenvalue weighted by Crippen LogP contribution is 2.36. The summed E-state index contributed by atoms with van der Waals surface area (Å²) in [5.41, 5.74) is 0.542. The van der Waals surface area contributed by atoms with E-state index in [0.29, 0.717) is 11.8 Å². The molecule has 0 aliphatic carbocycles. The van der Waals surface area contributed by atoms with Gasteiger partial charge in [0.25, 0.3) is 0 Å². The average molecular weight is 426 g/mol. The maximum Gasteiger partial charge on any atom is 0.303 e. The lowest BCUT2D eigenvalue weighted by atomic mass is 9.96. The molecule has 27 heavy (non-hydrogen) atoms. The third kappa shape index (κ3) is 6.38. The van der Waals surface area contributed by atoms with Gasteiger partial charge in [-0.1, -0.05) is 50.2 Å². The number of rotatable bonds is 7. The molecule has 0 aliphatic rings. The molecule has 1 aromatic carbocycles. The van der Waals surface area contributed by atoms with E-state index in [1.165, 1.54) is 6.92 Å². The third-order valence-electron chi connectivity index (χ3n) is 3.56. The Hall–Kier alpha value is -1.28. The van der Waals surface area contributed by atoms with Gasteiger partial charge in [-0.05, 0) is 31.3 Å². The highest BCUT2D eigenvalue weighted by Gasteiger charge is 2.27. The minimum absolute atomic E-state index is 0.129. The lowest BCUT2D eigenvalue weighted by molar-refractivity contribution is -0.142. The van der Waals surface area contributed by atoms with Crippen LogP contribution in [0.2, 0.25) is 18.1 Å². The molecule has 2 aromatic rings. The van der Waals surface area contributed by atoms with Crippen LogP contribution in [-0.2, 0) is 32.7 Å². The smallest absolute Gasteiger partial charge is 0.303 e. The van der Waals surface area contributed by atoms with Crippen LogP contribution in [0.25, 0.3) is 0 Å². The molecule has 0 fully saturated rings. The second-order valence-electron chi connectivity index (χ2n) is 7.39. The number of aromatic nitrogens is 2. The van der Waals surface area contributed by atoms with Crippen molar-refractivity contribution in [2.75, 3.05) is 0 Å². The normalized spacial score (nSPS) is 11.9. The first-order valence-electron chi connectivity index (χ1n) is 8.67. The fourth-order valence-electron chi connectivity index (χ4n) is 2.39. The van der Waals surface area contributed by atoms with Crippen molar-refractivity contribution in [1.29, 1.82) is 0 Å². The van der Waals surface area contributed by atoms with Crippen LogP contribution < -0.4 is 0 Å². The van der Waals surface area contributed by atoms with E-state index in [1.807, 2.05) is 24.3 Å². The quantitative estimate of drug-likeness (QED) is 0.446. The van der Waals surface area contributed by atoms with Crippen molar-refractivity contribution >= 4 is 38.4 Å². The van der Waals surface area contributed by atoms with Gasteiger partial charge in [0, 0.05) is 22.3 Å². The summed E-state index contributed by atoms with van der Waals surface area (Å²) >= 11 is 7.70. The summed E-state index contributed by atoms with van der Waals surface area (Å²) in [6.45, 7) is 12.5. The SMILES string of the molecule is CC(=O)OCc1nc(C(C)(C)C)n(CO[Si](C)C)c1Sc1cccc(Cl)c1. The largest absolute Gasteiger partial charge is 0.459 e. The van der Waals surface area contributed by atoms with Gasteiger partial charge in [-0.25, -0.2) is 4.98 Å². The number of nitrogens with zero attached hydrogens (tertiary/aromatic N) is 2. The molecule has 0 aliphatic heterocycles. The van der Waals surface area contributed by atoms with Crippen molar-refractivity contribution in [2.24, 2.45) is 0 Å². The molecule has 1 radical (unpaired) electrons. The molecule has 0 bridgehead atoms. The fourth-order valence-corrected chi connectivity index (χ4v) is 4.06. The van der Waals surface area contributed by atoms with Crippen LogP contribution in [0.15, 0.2) is 34.2 Å². The lowest BCUT2D eigenvalue weighted by Gasteiger charge is -2.21. The standard InChI is InChI=1S/C19H26ClN2O3SSi/c1-13(23)24-11-16-17(26-15-9-7-8-14(20)10-15)22(12-25-27(5)6)18(21-16)19(2,3)4/h7-10H,11-12H2,1-6H3. The predicted octanol–water partition coefficient (Wildman–Crippen LogP) is 5.27. The molecule has 1 heterocycles. The molecule has 0 saturated carbocycles. The van der Waals surface area contributed by atoms with E-state index in [1.54, 1.807) is 11.8 Å². The van der Waals surface area contributed by atoms with Crippen molar-refractivity contribution in [3.05, 3.63) is 40.8 Å². The summed E-state index contributed by atoms with van der Waals surface area (Å²) in [5.74, 6) is 0.571. The van der Waals surface area contributed by atoms with Crippen LogP contribution in [0.5, 0.6) is 0 Å². The van der Waals surface area contributed by atoms with Crippen LogP contribution in [0.1, 0.15) is 39.2 Å². The van der Waals surface area contributed by atoms with Gasteiger partial charge in [0.1, 0.15) is 29.9 Å². The maximum absolute atomic E-state index is 11.3. The van der Waals surface area contributed by atoms with Crippen LogP contribution in [-0.4, -0.2) is 24.6 Å². The van der Waals surface area contributed by atoms with E-state index < -0.39 is 9.04 Å². The summed E-state index contributed by atoms with van der Waals surface area (Å²) in [7, 11) is -0.869. The molecule has 0 N–H and O–H groups in total. The number of hydrogen-bond acceptors (Lipinski definition) is 5. The number of carbonyl (C=O) groups excluding carboxylic acids is 1.